The van der Waals surface area contributed by atoms with Gasteiger partial charge >= 0.3 is 0 Å². The highest BCUT2D eigenvalue weighted by Crippen LogP contribution is 2.30. The molecular weight excluding hydrogens is 280 g/mol. The van der Waals surface area contributed by atoms with Crippen LogP contribution in [0.2, 0.25) is 0 Å². The largest absolute Gasteiger partial charge is 0.497 e. The summed E-state index contributed by atoms with van der Waals surface area (Å²) in [6.07, 6.45) is 2.62. The molecule has 1 aromatic heterocycles. The van der Waals surface area contributed by atoms with Gasteiger partial charge in [0.15, 0.2) is 0 Å². The Morgan fingerprint density at radius 1 is 1.53 bits per heavy atom. The predicted molar refractivity (Wildman–Crippen MR) is 81.3 cm³/mol. The van der Waals surface area contributed by atoms with E-state index < -0.39 is 0 Å². The number of alkyl halides is 1. The molecule has 1 fully saturated rings. The quantitative estimate of drug-likeness (QED) is 0.805. The summed E-state index contributed by atoms with van der Waals surface area (Å²) in [5.41, 5.74) is 2.13. The average molecular weight is 297 g/mol. The lowest BCUT2D eigenvalue weighted by Gasteiger charge is -2.12. The zero-order valence-corrected chi connectivity index (χ0v) is 12.5. The first-order chi connectivity index (χ1) is 9.31. The number of nitrogens with zero attached hydrogens (tertiary/aromatic N) is 2. The Balaban J connectivity index is 2.00. The molecule has 2 heterocycles. The van der Waals surface area contributed by atoms with Gasteiger partial charge in [-0.05, 0) is 30.7 Å². The monoisotopic (exact) mass is 296 g/mol. The molecule has 102 valence electrons. The van der Waals surface area contributed by atoms with Crippen molar-refractivity contribution in [2.45, 2.75) is 30.5 Å². The summed E-state index contributed by atoms with van der Waals surface area (Å²) in [5, 5.41) is 0.696. The Hall–Kier alpha value is -0.870. The van der Waals surface area contributed by atoms with Crippen LogP contribution >= 0.6 is 23.4 Å². The first-order valence-corrected chi connectivity index (χ1v) is 8.11. The fourth-order valence-corrected chi connectivity index (χ4v) is 4.04. The molecule has 1 aliphatic heterocycles. The summed E-state index contributed by atoms with van der Waals surface area (Å²) in [4.78, 5) is 4.62. The van der Waals surface area contributed by atoms with Gasteiger partial charge in [-0.3, -0.25) is 0 Å². The third-order valence-electron chi connectivity index (χ3n) is 3.56. The zero-order valence-electron chi connectivity index (χ0n) is 10.9. The minimum Gasteiger partial charge on any atom is -0.497 e. The molecule has 0 spiro atoms. The molecule has 0 N–H and O–H groups in total. The number of rotatable bonds is 4. The molecule has 1 aliphatic rings. The van der Waals surface area contributed by atoms with Gasteiger partial charge in [0, 0.05) is 17.9 Å². The molecule has 0 saturated carbocycles. The number of ether oxygens (including phenoxy) is 1. The Morgan fingerprint density at radius 2 is 2.42 bits per heavy atom. The summed E-state index contributed by atoms with van der Waals surface area (Å²) in [6, 6.07) is 6.04. The van der Waals surface area contributed by atoms with Crippen molar-refractivity contribution >= 4 is 34.4 Å². The van der Waals surface area contributed by atoms with E-state index >= 15 is 0 Å². The van der Waals surface area contributed by atoms with E-state index in [1.54, 1.807) is 7.11 Å². The van der Waals surface area contributed by atoms with E-state index in [1.165, 1.54) is 18.6 Å². The van der Waals surface area contributed by atoms with E-state index in [9.17, 15) is 0 Å². The first kappa shape index (κ1) is 13.1. The van der Waals surface area contributed by atoms with Crippen molar-refractivity contribution in [1.82, 2.24) is 9.55 Å². The molecule has 3 nitrogen and oxygen atoms in total. The Kier molecular flexibility index (Phi) is 3.89. The fraction of sp³-hybridized carbons (Fsp3) is 0.500. The van der Waals surface area contributed by atoms with Crippen molar-refractivity contribution in [2.24, 2.45) is 0 Å². The van der Waals surface area contributed by atoms with Gasteiger partial charge < -0.3 is 9.30 Å². The predicted octanol–water partition coefficient (Wildman–Crippen LogP) is 3.68. The maximum atomic E-state index is 6.04. The number of fused-ring (bicyclic) bond motifs is 1. The van der Waals surface area contributed by atoms with Crippen LogP contribution in [-0.2, 0) is 12.4 Å². The summed E-state index contributed by atoms with van der Waals surface area (Å²) >= 11 is 8.10. The molecule has 0 radical (unpaired) electrons. The lowest BCUT2D eigenvalue weighted by Crippen LogP contribution is -2.12. The molecule has 19 heavy (non-hydrogen) atoms. The molecule has 2 aromatic rings. The number of hydrogen-bond acceptors (Lipinski definition) is 3. The van der Waals surface area contributed by atoms with Crippen molar-refractivity contribution in [3.8, 4) is 5.75 Å². The van der Waals surface area contributed by atoms with Gasteiger partial charge in [-0.25, -0.2) is 4.98 Å². The SMILES string of the molecule is COc1ccc2c(c1)nc(CCl)n2CC1CCCS1. The number of aromatic nitrogens is 2. The van der Waals surface area contributed by atoms with E-state index in [2.05, 4.69) is 27.4 Å². The normalized spacial score (nSPS) is 19.2. The van der Waals surface area contributed by atoms with Crippen molar-refractivity contribution < 1.29 is 4.74 Å². The highest BCUT2D eigenvalue weighted by molar-refractivity contribution is 8.00. The van der Waals surface area contributed by atoms with Crippen molar-refractivity contribution in [3.63, 3.8) is 0 Å². The van der Waals surface area contributed by atoms with Gasteiger partial charge in [0.1, 0.15) is 11.6 Å². The summed E-state index contributed by atoms with van der Waals surface area (Å²) < 4.78 is 7.52. The third kappa shape index (κ3) is 2.56. The number of methoxy groups -OCH3 is 1. The van der Waals surface area contributed by atoms with Crippen molar-refractivity contribution in [2.75, 3.05) is 12.9 Å². The van der Waals surface area contributed by atoms with E-state index in [1.807, 2.05) is 12.1 Å². The number of thioether (sulfide) groups is 1. The summed E-state index contributed by atoms with van der Waals surface area (Å²) in [5.74, 6) is 3.53. The van der Waals surface area contributed by atoms with E-state index in [-0.39, 0.29) is 0 Å². The molecular formula is C14H17ClN2OS. The first-order valence-electron chi connectivity index (χ1n) is 6.52. The van der Waals surface area contributed by atoms with Crippen LogP contribution in [0.25, 0.3) is 11.0 Å². The lowest BCUT2D eigenvalue weighted by atomic mass is 10.2. The standard InChI is InChI=1S/C14H17ClN2OS/c1-18-10-4-5-13-12(7-10)16-14(8-15)17(13)9-11-3-2-6-19-11/h4-5,7,11H,2-3,6,8-9H2,1H3. The van der Waals surface area contributed by atoms with E-state index in [0.717, 1.165) is 29.2 Å². The highest BCUT2D eigenvalue weighted by atomic mass is 35.5. The van der Waals surface area contributed by atoms with Crippen LogP contribution in [0.5, 0.6) is 5.75 Å². The van der Waals surface area contributed by atoms with Gasteiger partial charge in [0.2, 0.25) is 0 Å². The number of benzene rings is 1. The van der Waals surface area contributed by atoms with Gasteiger partial charge in [-0.1, -0.05) is 0 Å². The molecule has 3 rings (SSSR count). The molecule has 0 amide bonds. The van der Waals surface area contributed by atoms with Crippen LogP contribution in [0.4, 0.5) is 0 Å². The second-order valence-electron chi connectivity index (χ2n) is 4.76. The maximum Gasteiger partial charge on any atom is 0.124 e. The maximum absolute atomic E-state index is 6.04. The smallest absolute Gasteiger partial charge is 0.124 e. The van der Waals surface area contributed by atoms with Crippen LogP contribution in [0.3, 0.4) is 0 Å². The number of imidazole rings is 1. The Labute approximate surface area is 122 Å². The van der Waals surface area contributed by atoms with Crippen LogP contribution in [-0.4, -0.2) is 27.7 Å². The van der Waals surface area contributed by atoms with Crippen LogP contribution in [0, 0.1) is 0 Å². The van der Waals surface area contributed by atoms with E-state index in [4.69, 9.17) is 16.3 Å². The minimum absolute atomic E-state index is 0.453. The average Bonchev–Trinajstić information content (AvgIpc) is 3.06. The second-order valence-corrected chi connectivity index (χ2v) is 6.44. The van der Waals surface area contributed by atoms with Crippen molar-refractivity contribution in [3.05, 3.63) is 24.0 Å². The Bertz CT molecular complexity index is 578. The molecule has 0 aliphatic carbocycles. The third-order valence-corrected chi connectivity index (χ3v) is 5.18. The highest BCUT2D eigenvalue weighted by Gasteiger charge is 2.19. The van der Waals surface area contributed by atoms with Crippen LogP contribution in [0.15, 0.2) is 18.2 Å². The van der Waals surface area contributed by atoms with E-state index in [0.29, 0.717) is 11.1 Å². The molecule has 1 saturated heterocycles. The molecule has 1 aromatic carbocycles. The zero-order chi connectivity index (χ0) is 13.2. The number of hydrogen-bond donors (Lipinski definition) is 0. The topological polar surface area (TPSA) is 27.1 Å². The lowest BCUT2D eigenvalue weighted by molar-refractivity contribution is 0.415. The van der Waals surface area contributed by atoms with Gasteiger partial charge in [-0.2, -0.15) is 11.8 Å². The number of halogens is 1. The van der Waals surface area contributed by atoms with Crippen LogP contribution in [0.1, 0.15) is 18.7 Å². The van der Waals surface area contributed by atoms with Gasteiger partial charge in [-0.15, -0.1) is 11.6 Å². The molecule has 1 atom stereocenters. The summed E-state index contributed by atoms with van der Waals surface area (Å²) in [6.45, 7) is 1.01. The van der Waals surface area contributed by atoms with Gasteiger partial charge in [0.25, 0.3) is 0 Å². The molecule has 0 bridgehead atoms. The molecule has 1 unspecified atom stereocenters. The van der Waals surface area contributed by atoms with Crippen LogP contribution < -0.4 is 4.74 Å². The Morgan fingerprint density at radius 3 is 3.11 bits per heavy atom. The second kappa shape index (κ2) is 5.63. The minimum atomic E-state index is 0.453. The summed E-state index contributed by atoms with van der Waals surface area (Å²) in [7, 11) is 1.68. The van der Waals surface area contributed by atoms with Gasteiger partial charge in [0.05, 0.1) is 24.0 Å². The fourth-order valence-electron chi connectivity index (χ4n) is 2.58. The van der Waals surface area contributed by atoms with Crippen molar-refractivity contribution in [1.29, 1.82) is 0 Å². The molecule has 5 heteroatoms.